The minimum Gasteiger partial charge on any atom is -0.497 e. The van der Waals surface area contributed by atoms with Crippen LogP contribution in [0.2, 0.25) is 0 Å². The van der Waals surface area contributed by atoms with E-state index in [1.807, 2.05) is 37.3 Å². The third-order valence-corrected chi connectivity index (χ3v) is 4.62. The third kappa shape index (κ3) is 4.40. The molecular weight excluding hydrogens is 424 g/mol. The average Bonchev–Trinajstić information content (AvgIpc) is 3.21. The number of rotatable bonds is 6. The summed E-state index contributed by atoms with van der Waals surface area (Å²) in [4.78, 5) is 12.4. The van der Waals surface area contributed by atoms with Gasteiger partial charge in [0.25, 0.3) is 5.91 Å². The van der Waals surface area contributed by atoms with Gasteiger partial charge in [-0.25, -0.2) is 5.43 Å². The van der Waals surface area contributed by atoms with E-state index in [0.29, 0.717) is 28.6 Å². The molecule has 1 heterocycles. The zero-order chi connectivity index (χ0) is 20.1. The van der Waals surface area contributed by atoms with Crippen molar-refractivity contribution < 1.29 is 14.3 Å². The number of carbonyl (C=O) groups is 1. The van der Waals surface area contributed by atoms with Crippen LogP contribution in [-0.2, 0) is 0 Å². The maximum absolute atomic E-state index is 12.4. The van der Waals surface area contributed by atoms with Gasteiger partial charge in [0, 0.05) is 16.1 Å². The van der Waals surface area contributed by atoms with Crippen LogP contribution in [0.3, 0.4) is 0 Å². The van der Waals surface area contributed by atoms with E-state index in [4.69, 9.17) is 9.47 Å². The molecule has 2 aromatic carbocycles. The number of methoxy groups -OCH3 is 2. The fourth-order valence-electron chi connectivity index (χ4n) is 2.54. The van der Waals surface area contributed by atoms with Crippen molar-refractivity contribution in [3.63, 3.8) is 0 Å². The van der Waals surface area contributed by atoms with Crippen molar-refractivity contribution in [2.45, 2.75) is 6.92 Å². The maximum Gasteiger partial charge on any atom is 0.289 e. The molecule has 0 atom stereocenters. The number of hydrogen-bond acceptors (Lipinski definition) is 5. The number of H-pyrrole nitrogens is 1. The standard InChI is InChI=1S/C20H19BrN4O3/c1-12(13-4-6-14(21)7-5-13)22-25-20(26)18-11-17(23-24-18)16-9-8-15(27-2)10-19(16)28-3/h4-11H,1-3H3,(H,23,24)(H,25,26)/b22-12+. The van der Waals surface area contributed by atoms with Gasteiger partial charge in [0.1, 0.15) is 17.2 Å². The van der Waals surface area contributed by atoms with Crippen LogP contribution in [0, 0.1) is 0 Å². The molecule has 144 valence electrons. The minimum atomic E-state index is -0.386. The van der Waals surface area contributed by atoms with Crippen LogP contribution in [0.5, 0.6) is 11.5 Å². The Bertz CT molecular complexity index is 1010. The molecule has 0 saturated carbocycles. The summed E-state index contributed by atoms with van der Waals surface area (Å²) < 4.78 is 11.6. The smallest absolute Gasteiger partial charge is 0.289 e. The Morgan fingerprint density at radius 3 is 2.54 bits per heavy atom. The first kappa shape index (κ1) is 19.6. The molecule has 7 nitrogen and oxygen atoms in total. The molecule has 0 radical (unpaired) electrons. The number of benzene rings is 2. The second-order valence-corrected chi connectivity index (χ2v) is 6.79. The molecule has 2 N–H and O–H groups in total. The number of nitrogens with zero attached hydrogens (tertiary/aromatic N) is 2. The first-order chi connectivity index (χ1) is 13.5. The fraction of sp³-hybridized carbons (Fsp3) is 0.150. The van der Waals surface area contributed by atoms with E-state index in [-0.39, 0.29) is 5.91 Å². The Balaban J connectivity index is 1.75. The zero-order valence-corrected chi connectivity index (χ0v) is 17.2. The van der Waals surface area contributed by atoms with Crippen molar-refractivity contribution >= 4 is 27.5 Å². The first-order valence-corrected chi connectivity index (χ1v) is 9.19. The monoisotopic (exact) mass is 442 g/mol. The van der Waals surface area contributed by atoms with E-state index >= 15 is 0 Å². The van der Waals surface area contributed by atoms with Crippen LogP contribution in [-0.4, -0.2) is 36.0 Å². The number of carbonyl (C=O) groups excluding carboxylic acids is 1. The summed E-state index contributed by atoms with van der Waals surface area (Å²) in [5.74, 6) is 0.886. The Kier molecular flexibility index (Phi) is 6.10. The predicted octanol–water partition coefficient (Wildman–Crippen LogP) is 4.01. The normalized spacial score (nSPS) is 11.2. The largest absolute Gasteiger partial charge is 0.497 e. The molecule has 8 heteroatoms. The van der Waals surface area contributed by atoms with Gasteiger partial charge < -0.3 is 9.47 Å². The van der Waals surface area contributed by atoms with Gasteiger partial charge in [-0.2, -0.15) is 10.2 Å². The number of nitrogens with one attached hydrogen (secondary N) is 2. The van der Waals surface area contributed by atoms with Gasteiger partial charge in [-0.1, -0.05) is 28.1 Å². The fourth-order valence-corrected chi connectivity index (χ4v) is 2.80. The molecule has 0 aliphatic heterocycles. The highest BCUT2D eigenvalue weighted by atomic mass is 79.9. The van der Waals surface area contributed by atoms with E-state index in [0.717, 1.165) is 15.6 Å². The Morgan fingerprint density at radius 1 is 1.11 bits per heavy atom. The molecule has 0 unspecified atom stereocenters. The number of aromatic amines is 1. The van der Waals surface area contributed by atoms with Gasteiger partial charge in [0.15, 0.2) is 0 Å². The minimum absolute atomic E-state index is 0.292. The van der Waals surface area contributed by atoms with Crippen LogP contribution in [0.4, 0.5) is 0 Å². The topological polar surface area (TPSA) is 88.6 Å². The highest BCUT2D eigenvalue weighted by Crippen LogP contribution is 2.32. The summed E-state index contributed by atoms with van der Waals surface area (Å²) in [7, 11) is 3.15. The van der Waals surface area contributed by atoms with E-state index in [9.17, 15) is 4.79 Å². The third-order valence-electron chi connectivity index (χ3n) is 4.09. The summed E-state index contributed by atoms with van der Waals surface area (Å²) in [6, 6.07) is 14.7. The van der Waals surface area contributed by atoms with Crippen molar-refractivity contribution in [2.24, 2.45) is 5.10 Å². The molecule has 28 heavy (non-hydrogen) atoms. The quantitative estimate of drug-likeness (QED) is 0.445. The summed E-state index contributed by atoms with van der Waals surface area (Å²) >= 11 is 3.39. The van der Waals surface area contributed by atoms with Crippen LogP contribution in [0.15, 0.2) is 58.1 Å². The van der Waals surface area contributed by atoms with Crippen molar-refractivity contribution in [3.05, 3.63) is 64.3 Å². The van der Waals surface area contributed by atoms with Gasteiger partial charge in [-0.3, -0.25) is 9.89 Å². The molecule has 3 rings (SSSR count). The van der Waals surface area contributed by atoms with Gasteiger partial charge in [-0.15, -0.1) is 0 Å². The number of amides is 1. The number of halogens is 1. The lowest BCUT2D eigenvalue weighted by atomic mass is 10.1. The van der Waals surface area contributed by atoms with E-state index in [1.54, 1.807) is 32.4 Å². The molecular formula is C20H19BrN4O3. The number of aromatic nitrogens is 2. The lowest BCUT2D eigenvalue weighted by Gasteiger charge is -2.08. The van der Waals surface area contributed by atoms with E-state index in [1.165, 1.54) is 0 Å². The molecule has 0 saturated heterocycles. The summed E-state index contributed by atoms with van der Waals surface area (Å²) in [6.45, 7) is 1.82. The lowest BCUT2D eigenvalue weighted by molar-refractivity contribution is 0.0950. The maximum atomic E-state index is 12.4. The predicted molar refractivity (Wildman–Crippen MR) is 111 cm³/mol. The Labute approximate surface area is 170 Å². The van der Waals surface area contributed by atoms with E-state index in [2.05, 4.69) is 36.7 Å². The number of ether oxygens (including phenoxy) is 2. The van der Waals surface area contributed by atoms with E-state index < -0.39 is 0 Å². The van der Waals surface area contributed by atoms with Gasteiger partial charge >= 0.3 is 0 Å². The van der Waals surface area contributed by atoms with Crippen LogP contribution in [0.25, 0.3) is 11.3 Å². The van der Waals surface area contributed by atoms with Crippen molar-refractivity contribution in [2.75, 3.05) is 14.2 Å². The second kappa shape index (κ2) is 8.71. The molecule has 0 aliphatic carbocycles. The van der Waals surface area contributed by atoms with Gasteiger partial charge in [0.2, 0.25) is 0 Å². The highest BCUT2D eigenvalue weighted by molar-refractivity contribution is 9.10. The van der Waals surface area contributed by atoms with Crippen LogP contribution < -0.4 is 14.9 Å². The summed E-state index contributed by atoms with van der Waals surface area (Å²) in [6.07, 6.45) is 0. The van der Waals surface area contributed by atoms with Crippen molar-refractivity contribution in [1.82, 2.24) is 15.6 Å². The second-order valence-electron chi connectivity index (χ2n) is 5.88. The molecule has 0 spiro atoms. The molecule has 3 aromatic rings. The molecule has 1 amide bonds. The first-order valence-electron chi connectivity index (χ1n) is 8.40. The van der Waals surface area contributed by atoms with Crippen LogP contribution in [0.1, 0.15) is 23.0 Å². The Morgan fingerprint density at radius 2 is 1.86 bits per heavy atom. The summed E-state index contributed by atoms with van der Waals surface area (Å²) in [5, 5.41) is 11.1. The Hall–Kier alpha value is -3.13. The van der Waals surface area contributed by atoms with Crippen molar-refractivity contribution in [1.29, 1.82) is 0 Å². The number of hydrazone groups is 1. The number of hydrogen-bond donors (Lipinski definition) is 2. The van der Waals surface area contributed by atoms with Gasteiger partial charge in [-0.05, 0) is 42.8 Å². The van der Waals surface area contributed by atoms with Crippen LogP contribution >= 0.6 is 15.9 Å². The van der Waals surface area contributed by atoms with Gasteiger partial charge in [0.05, 0.1) is 25.6 Å². The SMILES string of the molecule is COc1ccc(-c2cc(C(=O)N/N=C(\C)c3ccc(Br)cc3)[nH]n2)c(OC)c1. The summed E-state index contributed by atoms with van der Waals surface area (Å²) in [5.41, 5.74) is 5.76. The lowest BCUT2D eigenvalue weighted by Crippen LogP contribution is -2.19. The zero-order valence-electron chi connectivity index (χ0n) is 15.6. The molecule has 0 aliphatic rings. The molecule has 1 aromatic heterocycles. The average molecular weight is 443 g/mol. The van der Waals surface area contributed by atoms with Crippen molar-refractivity contribution in [3.8, 4) is 22.8 Å². The molecule has 0 fully saturated rings. The highest BCUT2D eigenvalue weighted by Gasteiger charge is 2.14. The molecule has 0 bridgehead atoms.